The highest BCUT2D eigenvalue weighted by atomic mass is 19.1. The van der Waals surface area contributed by atoms with E-state index in [-0.39, 0.29) is 13.0 Å². The average molecular weight is 191 g/mol. The molecule has 1 amide bonds. The van der Waals surface area contributed by atoms with Crippen molar-refractivity contribution >= 4 is 5.91 Å². The first-order valence-electron chi connectivity index (χ1n) is 4.31. The zero-order chi connectivity index (χ0) is 10.0. The van der Waals surface area contributed by atoms with E-state index in [2.05, 4.69) is 0 Å². The lowest BCUT2D eigenvalue weighted by Crippen LogP contribution is -2.49. The van der Waals surface area contributed by atoms with E-state index in [4.69, 9.17) is 10.2 Å². The Morgan fingerprint density at radius 1 is 1.69 bits per heavy atom. The minimum Gasteiger partial charge on any atom is -0.390 e. The summed E-state index contributed by atoms with van der Waals surface area (Å²) in [4.78, 5) is 12.4. The Hall–Kier alpha value is -0.680. The molecular weight excluding hydrogens is 177 g/mol. The van der Waals surface area contributed by atoms with Crippen LogP contribution < -0.4 is 0 Å². The zero-order valence-corrected chi connectivity index (χ0v) is 7.48. The largest absolute Gasteiger partial charge is 0.390 e. The maximum atomic E-state index is 12.9. The van der Waals surface area contributed by atoms with Crippen molar-refractivity contribution in [2.75, 3.05) is 13.1 Å². The zero-order valence-electron chi connectivity index (χ0n) is 7.48. The third-order valence-corrected chi connectivity index (χ3v) is 2.18. The highest BCUT2D eigenvalue weighted by Crippen LogP contribution is 2.14. The standard InChI is InChI=1S/C8H14FNO3/c1-5(11)8(13)10-3-2-7(12)6(9)4-10/h5-7,11-12H,2-4H2,1H3/t5-,6+,7-/m0/s1. The van der Waals surface area contributed by atoms with Crippen LogP contribution in [0.25, 0.3) is 0 Å². The van der Waals surface area contributed by atoms with Gasteiger partial charge in [0.05, 0.1) is 12.6 Å². The predicted molar refractivity (Wildman–Crippen MR) is 43.8 cm³/mol. The molecule has 5 heteroatoms. The second-order valence-electron chi connectivity index (χ2n) is 3.33. The van der Waals surface area contributed by atoms with E-state index in [9.17, 15) is 9.18 Å². The van der Waals surface area contributed by atoms with Crippen LogP contribution in [0.3, 0.4) is 0 Å². The first-order chi connectivity index (χ1) is 6.02. The van der Waals surface area contributed by atoms with Gasteiger partial charge in [0.25, 0.3) is 5.91 Å². The van der Waals surface area contributed by atoms with E-state index in [0.29, 0.717) is 6.54 Å². The number of nitrogens with zero attached hydrogens (tertiary/aromatic N) is 1. The number of hydrogen-bond acceptors (Lipinski definition) is 3. The van der Waals surface area contributed by atoms with Gasteiger partial charge in [0.1, 0.15) is 12.3 Å². The molecule has 1 aliphatic rings. The molecule has 0 radical (unpaired) electrons. The number of aliphatic hydroxyl groups is 2. The molecule has 0 aliphatic carbocycles. The van der Waals surface area contributed by atoms with Gasteiger partial charge in [-0.3, -0.25) is 4.79 Å². The molecule has 76 valence electrons. The maximum Gasteiger partial charge on any atom is 0.251 e. The Morgan fingerprint density at radius 3 is 2.77 bits per heavy atom. The Morgan fingerprint density at radius 2 is 2.31 bits per heavy atom. The van der Waals surface area contributed by atoms with Crippen molar-refractivity contribution in [2.24, 2.45) is 0 Å². The number of rotatable bonds is 1. The molecular formula is C8H14FNO3. The third-order valence-electron chi connectivity index (χ3n) is 2.18. The van der Waals surface area contributed by atoms with Crippen LogP contribution in [0.5, 0.6) is 0 Å². The first kappa shape index (κ1) is 10.4. The Kier molecular flexibility index (Phi) is 3.22. The molecule has 4 nitrogen and oxygen atoms in total. The smallest absolute Gasteiger partial charge is 0.251 e. The Bertz CT molecular complexity index is 198. The van der Waals surface area contributed by atoms with Crippen LogP contribution >= 0.6 is 0 Å². The van der Waals surface area contributed by atoms with Gasteiger partial charge in [-0.2, -0.15) is 0 Å². The van der Waals surface area contributed by atoms with Crippen LogP contribution in [0.15, 0.2) is 0 Å². The van der Waals surface area contributed by atoms with Crippen LogP contribution in [0.4, 0.5) is 4.39 Å². The summed E-state index contributed by atoms with van der Waals surface area (Å²) in [5.41, 5.74) is 0. The molecule has 1 fully saturated rings. The number of carbonyl (C=O) groups excluding carboxylic acids is 1. The lowest BCUT2D eigenvalue weighted by Gasteiger charge is -2.32. The minimum atomic E-state index is -1.39. The summed E-state index contributed by atoms with van der Waals surface area (Å²) in [6, 6.07) is 0. The summed E-state index contributed by atoms with van der Waals surface area (Å²) >= 11 is 0. The average Bonchev–Trinajstić information content (AvgIpc) is 2.08. The predicted octanol–water partition coefficient (Wildman–Crippen LogP) is -0.702. The summed E-state index contributed by atoms with van der Waals surface area (Å²) in [7, 11) is 0. The van der Waals surface area contributed by atoms with Gasteiger partial charge in [0.2, 0.25) is 0 Å². The molecule has 3 atom stereocenters. The molecule has 0 spiro atoms. The summed E-state index contributed by atoms with van der Waals surface area (Å²) in [6.07, 6.45) is -3.23. The maximum absolute atomic E-state index is 12.9. The molecule has 0 unspecified atom stereocenters. The van der Waals surface area contributed by atoms with E-state index in [1.54, 1.807) is 0 Å². The Balaban J connectivity index is 2.50. The van der Waals surface area contributed by atoms with Crippen molar-refractivity contribution < 1.29 is 19.4 Å². The normalized spacial score (nSPS) is 31.5. The minimum absolute atomic E-state index is 0.120. The molecule has 2 N–H and O–H groups in total. The fourth-order valence-electron chi connectivity index (χ4n) is 1.36. The van der Waals surface area contributed by atoms with E-state index in [0.717, 1.165) is 0 Å². The van der Waals surface area contributed by atoms with E-state index in [1.165, 1.54) is 11.8 Å². The van der Waals surface area contributed by atoms with Gasteiger partial charge in [-0.25, -0.2) is 4.39 Å². The fourth-order valence-corrected chi connectivity index (χ4v) is 1.36. The van der Waals surface area contributed by atoms with Crippen LogP contribution in [0.1, 0.15) is 13.3 Å². The molecule has 0 aromatic carbocycles. The fraction of sp³-hybridized carbons (Fsp3) is 0.875. The highest BCUT2D eigenvalue weighted by Gasteiger charge is 2.31. The van der Waals surface area contributed by atoms with Gasteiger partial charge in [-0.15, -0.1) is 0 Å². The van der Waals surface area contributed by atoms with Crippen LogP contribution in [0, 0.1) is 0 Å². The highest BCUT2D eigenvalue weighted by molar-refractivity contribution is 5.80. The van der Waals surface area contributed by atoms with Crippen LogP contribution in [-0.2, 0) is 4.79 Å². The van der Waals surface area contributed by atoms with Crippen molar-refractivity contribution in [2.45, 2.75) is 31.7 Å². The molecule has 13 heavy (non-hydrogen) atoms. The number of aliphatic hydroxyl groups excluding tert-OH is 2. The van der Waals surface area contributed by atoms with Crippen molar-refractivity contribution in [3.8, 4) is 0 Å². The quantitative estimate of drug-likeness (QED) is 0.576. The number of likely N-dealkylation sites (tertiary alicyclic amines) is 1. The SMILES string of the molecule is C[C@H](O)C(=O)N1CC[C@H](O)[C@H](F)C1. The van der Waals surface area contributed by atoms with E-state index in [1.807, 2.05) is 0 Å². The second kappa shape index (κ2) is 4.02. The first-order valence-corrected chi connectivity index (χ1v) is 4.31. The monoisotopic (exact) mass is 191 g/mol. The molecule has 0 saturated carbocycles. The van der Waals surface area contributed by atoms with Crippen LogP contribution in [-0.4, -0.2) is 52.5 Å². The number of alkyl halides is 1. The van der Waals surface area contributed by atoms with Crippen LogP contribution in [0.2, 0.25) is 0 Å². The third kappa shape index (κ3) is 2.38. The second-order valence-corrected chi connectivity index (χ2v) is 3.33. The summed E-state index contributed by atoms with van der Waals surface area (Å²) in [5.74, 6) is -0.477. The van der Waals surface area contributed by atoms with Gasteiger partial charge in [-0.05, 0) is 13.3 Å². The molecule has 0 bridgehead atoms. The number of halogens is 1. The molecule has 0 aromatic heterocycles. The topological polar surface area (TPSA) is 60.8 Å². The number of amides is 1. The number of hydrogen-bond donors (Lipinski definition) is 2. The van der Waals surface area contributed by atoms with Crippen molar-refractivity contribution in [3.05, 3.63) is 0 Å². The van der Waals surface area contributed by atoms with Crippen molar-refractivity contribution in [1.82, 2.24) is 4.90 Å². The number of piperidine rings is 1. The lowest BCUT2D eigenvalue weighted by molar-refractivity contribution is -0.143. The van der Waals surface area contributed by atoms with Crippen molar-refractivity contribution in [1.29, 1.82) is 0 Å². The molecule has 1 saturated heterocycles. The Labute approximate surface area is 76.0 Å². The summed E-state index contributed by atoms with van der Waals surface area (Å²) < 4.78 is 12.9. The van der Waals surface area contributed by atoms with Gasteiger partial charge >= 0.3 is 0 Å². The number of carbonyl (C=O) groups is 1. The molecule has 1 rings (SSSR count). The molecule has 1 aliphatic heterocycles. The van der Waals surface area contributed by atoms with Gasteiger partial charge in [0.15, 0.2) is 0 Å². The van der Waals surface area contributed by atoms with Crippen molar-refractivity contribution in [3.63, 3.8) is 0 Å². The van der Waals surface area contributed by atoms with Gasteiger partial charge in [-0.1, -0.05) is 0 Å². The van der Waals surface area contributed by atoms with E-state index >= 15 is 0 Å². The van der Waals surface area contributed by atoms with Gasteiger partial charge in [0, 0.05) is 6.54 Å². The van der Waals surface area contributed by atoms with E-state index < -0.39 is 24.3 Å². The lowest BCUT2D eigenvalue weighted by atomic mass is 10.1. The molecule has 0 aromatic rings. The van der Waals surface area contributed by atoms with Gasteiger partial charge < -0.3 is 15.1 Å². The summed E-state index contributed by atoms with van der Waals surface area (Å²) in [6.45, 7) is 1.54. The molecule has 1 heterocycles. The summed E-state index contributed by atoms with van der Waals surface area (Å²) in [5, 5.41) is 18.0.